The molecule has 0 saturated carbocycles. The summed E-state index contributed by atoms with van der Waals surface area (Å²) in [6, 6.07) is 6.39. The van der Waals surface area contributed by atoms with E-state index in [0.29, 0.717) is 5.92 Å². The minimum Gasteiger partial charge on any atom is -0.459 e. The van der Waals surface area contributed by atoms with Crippen LogP contribution in [0.4, 0.5) is 0 Å². The molecule has 1 aromatic carbocycles. The highest BCUT2D eigenvalue weighted by Gasteiger charge is 2.16. The summed E-state index contributed by atoms with van der Waals surface area (Å²) in [6.45, 7) is 8.50. The van der Waals surface area contributed by atoms with Crippen molar-refractivity contribution >= 4 is 33.6 Å². The first-order valence-electron chi connectivity index (χ1n) is 6.55. The lowest BCUT2D eigenvalue weighted by Crippen LogP contribution is -2.14. The van der Waals surface area contributed by atoms with E-state index in [4.69, 9.17) is 4.42 Å². The summed E-state index contributed by atoms with van der Waals surface area (Å²) in [4.78, 5) is 0. The molecule has 0 aliphatic heterocycles. The monoisotopic (exact) mass is 357 g/mol. The van der Waals surface area contributed by atoms with Gasteiger partial charge in [-0.15, -0.1) is 0 Å². The van der Waals surface area contributed by atoms with Crippen LogP contribution in [-0.2, 0) is 6.54 Å². The van der Waals surface area contributed by atoms with Gasteiger partial charge in [-0.2, -0.15) is 0 Å². The fourth-order valence-electron chi connectivity index (χ4n) is 2.28. The highest BCUT2D eigenvalue weighted by molar-refractivity contribution is 14.1. The summed E-state index contributed by atoms with van der Waals surface area (Å²) in [5, 5.41) is 4.70. The van der Waals surface area contributed by atoms with Gasteiger partial charge in [-0.25, -0.2) is 0 Å². The van der Waals surface area contributed by atoms with Crippen LogP contribution >= 0.6 is 22.6 Å². The van der Waals surface area contributed by atoms with Gasteiger partial charge in [0, 0.05) is 14.5 Å². The second-order valence-electron chi connectivity index (χ2n) is 4.91. The van der Waals surface area contributed by atoms with E-state index < -0.39 is 0 Å². The van der Waals surface area contributed by atoms with E-state index in [2.05, 4.69) is 66.9 Å². The van der Waals surface area contributed by atoms with Crippen LogP contribution in [0, 0.1) is 3.57 Å². The van der Waals surface area contributed by atoms with Gasteiger partial charge in [0.25, 0.3) is 0 Å². The lowest BCUT2D eigenvalue weighted by Gasteiger charge is -2.07. The molecule has 0 aliphatic rings. The predicted molar refractivity (Wildman–Crippen MR) is 85.0 cm³/mol. The highest BCUT2D eigenvalue weighted by Crippen LogP contribution is 2.32. The first kappa shape index (κ1) is 13.9. The minimum atomic E-state index is 0.489. The zero-order chi connectivity index (χ0) is 13.1. The van der Waals surface area contributed by atoms with Gasteiger partial charge in [-0.3, -0.25) is 0 Å². The van der Waals surface area contributed by atoms with E-state index in [1.807, 2.05) is 0 Å². The fourth-order valence-corrected chi connectivity index (χ4v) is 2.77. The van der Waals surface area contributed by atoms with Crippen molar-refractivity contribution in [1.29, 1.82) is 0 Å². The maximum absolute atomic E-state index is 6.00. The maximum atomic E-state index is 6.00. The van der Waals surface area contributed by atoms with E-state index in [9.17, 15) is 0 Å². The standard InChI is InChI=1S/C15H20INO/c1-4-7-17-9-14-15(10(2)3)12-8-11(16)5-6-13(12)18-14/h5-6,8,10,17H,4,7,9H2,1-3H3. The molecule has 0 amide bonds. The smallest absolute Gasteiger partial charge is 0.134 e. The summed E-state index contributed by atoms with van der Waals surface area (Å²) in [7, 11) is 0. The molecule has 0 aliphatic carbocycles. The second kappa shape index (κ2) is 6.06. The number of hydrogen-bond donors (Lipinski definition) is 1. The van der Waals surface area contributed by atoms with Gasteiger partial charge < -0.3 is 9.73 Å². The Labute approximate surface area is 122 Å². The molecule has 1 heterocycles. The molecule has 2 aromatic rings. The topological polar surface area (TPSA) is 25.2 Å². The normalized spacial score (nSPS) is 11.6. The number of furan rings is 1. The summed E-state index contributed by atoms with van der Waals surface area (Å²) < 4.78 is 7.26. The third kappa shape index (κ3) is 2.88. The zero-order valence-electron chi connectivity index (χ0n) is 11.2. The molecule has 0 bridgehead atoms. The predicted octanol–water partition coefficient (Wildman–Crippen LogP) is 4.66. The first-order chi connectivity index (χ1) is 8.63. The summed E-state index contributed by atoms with van der Waals surface area (Å²) in [5.74, 6) is 1.58. The van der Waals surface area contributed by atoms with Crippen molar-refractivity contribution in [2.45, 2.75) is 39.7 Å². The van der Waals surface area contributed by atoms with E-state index in [0.717, 1.165) is 30.9 Å². The van der Waals surface area contributed by atoms with E-state index in [1.54, 1.807) is 0 Å². The summed E-state index contributed by atoms with van der Waals surface area (Å²) in [6.07, 6.45) is 1.15. The van der Waals surface area contributed by atoms with Gasteiger partial charge in [0.15, 0.2) is 0 Å². The lowest BCUT2D eigenvalue weighted by atomic mass is 9.99. The molecule has 2 nitrogen and oxygen atoms in total. The largest absolute Gasteiger partial charge is 0.459 e. The Kier molecular flexibility index (Phi) is 4.67. The molecule has 0 fully saturated rings. The van der Waals surface area contributed by atoms with Gasteiger partial charge in [0.1, 0.15) is 11.3 Å². The molecule has 2 rings (SSSR count). The molecule has 98 valence electrons. The highest BCUT2D eigenvalue weighted by atomic mass is 127. The van der Waals surface area contributed by atoms with Crippen LogP contribution in [0.5, 0.6) is 0 Å². The minimum absolute atomic E-state index is 0.489. The Morgan fingerprint density at radius 3 is 2.78 bits per heavy atom. The van der Waals surface area contributed by atoms with Crippen molar-refractivity contribution in [3.63, 3.8) is 0 Å². The third-order valence-electron chi connectivity index (χ3n) is 3.06. The van der Waals surface area contributed by atoms with Gasteiger partial charge in [0.2, 0.25) is 0 Å². The molecule has 0 radical (unpaired) electrons. The average Bonchev–Trinajstić information content (AvgIpc) is 2.67. The number of hydrogen-bond acceptors (Lipinski definition) is 2. The molecular formula is C15H20INO. The zero-order valence-corrected chi connectivity index (χ0v) is 13.4. The Morgan fingerprint density at radius 1 is 1.33 bits per heavy atom. The van der Waals surface area contributed by atoms with Gasteiger partial charge in [-0.05, 0) is 59.7 Å². The molecule has 0 spiro atoms. The van der Waals surface area contributed by atoms with Crippen LogP contribution in [0.3, 0.4) is 0 Å². The Hall–Kier alpha value is -0.550. The number of rotatable bonds is 5. The van der Waals surface area contributed by atoms with Gasteiger partial charge in [0.05, 0.1) is 6.54 Å². The lowest BCUT2D eigenvalue weighted by molar-refractivity contribution is 0.504. The van der Waals surface area contributed by atoms with Crippen LogP contribution in [0.1, 0.15) is 44.4 Å². The average molecular weight is 357 g/mol. The maximum Gasteiger partial charge on any atom is 0.134 e. The SMILES string of the molecule is CCCNCc1oc2ccc(I)cc2c1C(C)C. The summed E-state index contributed by atoms with van der Waals surface area (Å²) >= 11 is 2.35. The van der Waals surface area contributed by atoms with Crippen LogP contribution in [0.2, 0.25) is 0 Å². The van der Waals surface area contributed by atoms with Gasteiger partial charge in [-0.1, -0.05) is 20.8 Å². The number of benzene rings is 1. The number of nitrogens with one attached hydrogen (secondary N) is 1. The summed E-state index contributed by atoms with van der Waals surface area (Å²) in [5.41, 5.74) is 2.36. The van der Waals surface area contributed by atoms with Crippen LogP contribution < -0.4 is 5.32 Å². The number of fused-ring (bicyclic) bond motifs is 1. The number of halogens is 1. The second-order valence-corrected chi connectivity index (χ2v) is 6.16. The quantitative estimate of drug-likeness (QED) is 0.622. The third-order valence-corrected chi connectivity index (χ3v) is 3.73. The molecular weight excluding hydrogens is 337 g/mol. The van der Waals surface area contributed by atoms with E-state index in [1.165, 1.54) is 14.5 Å². The molecule has 1 N–H and O–H groups in total. The molecule has 0 unspecified atom stereocenters. The van der Waals surface area contributed by atoms with Crippen molar-refractivity contribution in [1.82, 2.24) is 5.32 Å². The molecule has 0 saturated heterocycles. The molecule has 0 atom stereocenters. The molecule has 1 aromatic heterocycles. The van der Waals surface area contributed by atoms with Crippen molar-refractivity contribution < 1.29 is 4.42 Å². The van der Waals surface area contributed by atoms with E-state index >= 15 is 0 Å². The van der Waals surface area contributed by atoms with Crippen LogP contribution in [0.15, 0.2) is 22.6 Å². The van der Waals surface area contributed by atoms with Crippen LogP contribution in [0.25, 0.3) is 11.0 Å². The van der Waals surface area contributed by atoms with Crippen molar-refractivity contribution in [2.24, 2.45) is 0 Å². The van der Waals surface area contributed by atoms with Gasteiger partial charge >= 0.3 is 0 Å². The van der Waals surface area contributed by atoms with Crippen molar-refractivity contribution in [3.05, 3.63) is 33.1 Å². The Balaban J connectivity index is 2.41. The van der Waals surface area contributed by atoms with Crippen LogP contribution in [-0.4, -0.2) is 6.54 Å². The molecule has 18 heavy (non-hydrogen) atoms. The first-order valence-corrected chi connectivity index (χ1v) is 7.63. The van der Waals surface area contributed by atoms with Crippen molar-refractivity contribution in [3.8, 4) is 0 Å². The van der Waals surface area contributed by atoms with Crippen molar-refractivity contribution in [2.75, 3.05) is 6.54 Å². The Bertz CT molecular complexity index is 531. The van der Waals surface area contributed by atoms with E-state index in [-0.39, 0.29) is 0 Å². The molecule has 3 heteroatoms. The Morgan fingerprint density at radius 2 is 2.11 bits per heavy atom. The fraction of sp³-hybridized carbons (Fsp3) is 0.467.